The van der Waals surface area contributed by atoms with Gasteiger partial charge in [0.25, 0.3) is 0 Å². The molecule has 2 aromatic heterocycles. The topological polar surface area (TPSA) is 69.3 Å². The van der Waals surface area contributed by atoms with Crippen LogP contribution in [0, 0.1) is 0 Å². The molecule has 2 N–H and O–H groups in total. The summed E-state index contributed by atoms with van der Waals surface area (Å²) in [6, 6.07) is 8.96. The van der Waals surface area contributed by atoms with Gasteiger partial charge >= 0.3 is 0 Å². The Bertz CT molecular complexity index is 1040. The molecule has 0 bridgehead atoms. The van der Waals surface area contributed by atoms with Gasteiger partial charge in [0.1, 0.15) is 5.82 Å². The first-order chi connectivity index (χ1) is 14.4. The van der Waals surface area contributed by atoms with Crippen molar-refractivity contribution in [3.63, 3.8) is 0 Å². The zero-order valence-corrected chi connectivity index (χ0v) is 16.5. The second-order valence-corrected chi connectivity index (χ2v) is 8.18. The summed E-state index contributed by atoms with van der Waals surface area (Å²) in [6.45, 7) is 7.57. The minimum atomic E-state index is 0.593. The number of para-hydroxylation sites is 1. The van der Waals surface area contributed by atoms with Crippen LogP contribution in [0.2, 0.25) is 0 Å². The molecule has 6 rings (SSSR count). The van der Waals surface area contributed by atoms with Gasteiger partial charge in [0.15, 0.2) is 5.82 Å². The number of aromatic amines is 1. The number of fused-ring (bicyclic) bond motifs is 2. The van der Waals surface area contributed by atoms with Crippen molar-refractivity contribution in [2.24, 2.45) is 0 Å². The average molecular weight is 390 g/mol. The number of morpholine rings is 1. The molecule has 29 heavy (non-hydrogen) atoms. The highest BCUT2D eigenvalue weighted by atomic mass is 16.5. The fraction of sp³-hybridized carbons (Fsp3) is 0.455. The van der Waals surface area contributed by atoms with Crippen LogP contribution in [0.25, 0.3) is 22.3 Å². The van der Waals surface area contributed by atoms with Crippen LogP contribution in [0.1, 0.15) is 17.7 Å². The molecule has 5 heterocycles. The number of ether oxygens (including phenoxy) is 1. The van der Waals surface area contributed by atoms with E-state index in [1.165, 1.54) is 17.4 Å². The van der Waals surface area contributed by atoms with Crippen molar-refractivity contribution in [1.82, 2.24) is 25.2 Å². The van der Waals surface area contributed by atoms with Crippen molar-refractivity contribution in [2.75, 3.05) is 44.3 Å². The van der Waals surface area contributed by atoms with Crippen molar-refractivity contribution in [3.8, 4) is 11.4 Å². The lowest BCUT2D eigenvalue weighted by atomic mass is 10.1. The van der Waals surface area contributed by atoms with Gasteiger partial charge in [0.2, 0.25) is 0 Å². The summed E-state index contributed by atoms with van der Waals surface area (Å²) in [7, 11) is 0. The lowest BCUT2D eigenvalue weighted by Crippen LogP contribution is -2.44. The van der Waals surface area contributed by atoms with Gasteiger partial charge in [0.05, 0.1) is 18.9 Å². The zero-order valence-electron chi connectivity index (χ0n) is 16.5. The molecule has 0 saturated carbocycles. The minimum absolute atomic E-state index is 0.593. The molecule has 1 atom stereocenters. The maximum Gasteiger partial charge on any atom is 0.163 e. The van der Waals surface area contributed by atoms with Crippen LogP contribution in [0.5, 0.6) is 0 Å². The molecule has 0 amide bonds. The standard InChI is InChI=1S/C22H26N6O/c1-2-4-19-16(3-1)17(12-24-19)21-25-20-13-23-11-18(20)22(26-21)28-6-5-15(14-28)27-7-9-29-10-8-27/h1-4,12,15,23-24H,5-11,13-14H2. The van der Waals surface area contributed by atoms with Crippen LogP contribution in [0.15, 0.2) is 30.5 Å². The Morgan fingerprint density at radius 3 is 2.86 bits per heavy atom. The fourth-order valence-electron chi connectivity index (χ4n) is 4.96. The van der Waals surface area contributed by atoms with E-state index in [4.69, 9.17) is 14.7 Å². The Kier molecular flexibility index (Phi) is 4.25. The third-order valence-electron chi connectivity index (χ3n) is 6.52. The Morgan fingerprint density at radius 2 is 1.93 bits per heavy atom. The predicted octanol–water partition coefficient (Wildman–Crippen LogP) is 2.14. The number of hydrogen-bond donors (Lipinski definition) is 2. The highest BCUT2D eigenvalue weighted by Crippen LogP contribution is 2.33. The summed E-state index contributed by atoms with van der Waals surface area (Å²) < 4.78 is 5.54. The van der Waals surface area contributed by atoms with Gasteiger partial charge in [-0.3, -0.25) is 4.90 Å². The first-order valence-corrected chi connectivity index (χ1v) is 10.6. The lowest BCUT2D eigenvalue weighted by molar-refractivity contribution is 0.0209. The molecule has 1 unspecified atom stereocenters. The second-order valence-electron chi connectivity index (χ2n) is 8.18. The number of rotatable bonds is 3. The van der Waals surface area contributed by atoms with E-state index in [-0.39, 0.29) is 0 Å². The van der Waals surface area contributed by atoms with Crippen molar-refractivity contribution in [3.05, 3.63) is 41.7 Å². The monoisotopic (exact) mass is 390 g/mol. The first kappa shape index (κ1) is 17.4. The summed E-state index contributed by atoms with van der Waals surface area (Å²) in [5, 5.41) is 4.65. The quantitative estimate of drug-likeness (QED) is 0.714. The van der Waals surface area contributed by atoms with E-state index in [0.29, 0.717) is 6.04 Å². The molecule has 2 fully saturated rings. The molecule has 3 aromatic rings. The third kappa shape index (κ3) is 3.01. The largest absolute Gasteiger partial charge is 0.379 e. The molecule has 0 radical (unpaired) electrons. The van der Waals surface area contributed by atoms with Crippen LogP contribution in [-0.2, 0) is 17.8 Å². The molecule has 3 aliphatic rings. The van der Waals surface area contributed by atoms with E-state index in [1.54, 1.807) is 0 Å². The van der Waals surface area contributed by atoms with Crippen LogP contribution >= 0.6 is 0 Å². The summed E-state index contributed by atoms with van der Waals surface area (Å²) in [5.74, 6) is 1.95. The molecular formula is C22H26N6O. The summed E-state index contributed by atoms with van der Waals surface area (Å²) in [6.07, 6.45) is 3.23. The minimum Gasteiger partial charge on any atom is -0.379 e. The Balaban J connectivity index is 1.36. The average Bonchev–Trinajstić information content (AvgIpc) is 3.52. The highest BCUT2D eigenvalue weighted by molar-refractivity contribution is 5.93. The molecule has 1 aromatic carbocycles. The van der Waals surface area contributed by atoms with Gasteiger partial charge < -0.3 is 19.9 Å². The Hall–Kier alpha value is -2.48. The summed E-state index contributed by atoms with van der Waals surface area (Å²) in [5.41, 5.74) is 4.63. The van der Waals surface area contributed by atoms with E-state index < -0.39 is 0 Å². The SMILES string of the molecule is c1ccc2c(-c3nc4c(c(N5CCC(N6CCOCC6)C5)n3)CNC4)c[nH]c2c1. The molecule has 7 nitrogen and oxygen atoms in total. The molecular weight excluding hydrogens is 364 g/mol. The lowest BCUT2D eigenvalue weighted by Gasteiger charge is -2.32. The maximum atomic E-state index is 5.54. The number of anilines is 1. The van der Waals surface area contributed by atoms with Crippen LogP contribution in [-0.4, -0.2) is 65.3 Å². The molecule has 150 valence electrons. The smallest absolute Gasteiger partial charge is 0.163 e. The molecule has 3 aliphatic heterocycles. The summed E-state index contributed by atoms with van der Waals surface area (Å²) >= 11 is 0. The highest BCUT2D eigenvalue weighted by Gasteiger charge is 2.32. The molecule has 2 saturated heterocycles. The first-order valence-electron chi connectivity index (χ1n) is 10.6. The number of benzene rings is 1. The van der Waals surface area contributed by atoms with Crippen LogP contribution < -0.4 is 10.2 Å². The van der Waals surface area contributed by atoms with E-state index in [0.717, 1.165) is 80.9 Å². The van der Waals surface area contributed by atoms with E-state index in [2.05, 4.69) is 44.4 Å². The molecule has 0 spiro atoms. The van der Waals surface area contributed by atoms with Gasteiger partial charge in [0, 0.05) is 73.5 Å². The van der Waals surface area contributed by atoms with Gasteiger partial charge in [-0.1, -0.05) is 18.2 Å². The van der Waals surface area contributed by atoms with Crippen molar-refractivity contribution in [1.29, 1.82) is 0 Å². The van der Waals surface area contributed by atoms with Gasteiger partial charge in [-0.15, -0.1) is 0 Å². The third-order valence-corrected chi connectivity index (χ3v) is 6.52. The van der Waals surface area contributed by atoms with E-state index >= 15 is 0 Å². The van der Waals surface area contributed by atoms with Gasteiger partial charge in [-0.2, -0.15) is 0 Å². The zero-order chi connectivity index (χ0) is 19.2. The summed E-state index contributed by atoms with van der Waals surface area (Å²) in [4.78, 5) is 18.5. The maximum absolute atomic E-state index is 5.54. The predicted molar refractivity (Wildman–Crippen MR) is 113 cm³/mol. The van der Waals surface area contributed by atoms with Crippen LogP contribution in [0.4, 0.5) is 5.82 Å². The number of nitrogens with zero attached hydrogens (tertiary/aromatic N) is 4. The molecule has 0 aliphatic carbocycles. The Labute approximate surface area is 170 Å². The number of aromatic nitrogens is 3. The number of nitrogens with one attached hydrogen (secondary N) is 2. The van der Waals surface area contributed by atoms with Crippen molar-refractivity contribution >= 4 is 16.7 Å². The van der Waals surface area contributed by atoms with Crippen molar-refractivity contribution in [2.45, 2.75) is 25.6 Å². The van der Waals surface area contributed by atoms with Gasteiger partial charge in [-0.05, 0) is 12.5 Å². The Morgan fingerprint density at radius 1 is 1.03 bits per heavy atom. The normalized spacial score (nSPS) is 22.5. The molecule has 7 heteroatoms. The van der Waals surface area contributed by atoms with Gasteiger partial charge in [-0.25, -0.2) is 9.97 Å². The fourth-order valence-corrected chi connectivity index (χ4v) is 4.96. The van der Waals surface area contributed by atoms with Crippen molar-refractivity contribution < 1.29 is 4.74 Å². The number of hydrogen-bond acceptors (Lipinski definition) is 6. The number of H-pyrrole nitrogens is 1. The van der Waals surface area contributed by atoms with E-state index in [1.807, 2.05) is 6.20 Å². The second kappa shape index (κ2) is 7.09. The van der Waals surface area contributed by atoms with Crippen LogP contribution in [0.3, 0.4) is 0 Å². The van der Waals surface area contributed by atoms with E-state index in [9.17, 15) is 0 Å².